The number of benzene rings is 12. The Balaban J connectivity index is 0.000000186. The molecule has 12 aromatic carbocycles. The number of rotatable bonds is 18. The fraction of sp³-hybridized carbons (Fsp3) is 0.164. The monoisotopic (exact) mass is 2620 g/mol. The van der Waals surface area contributed by atoms with Crippen molar-refractivity contribution >= 4 is 0 Å². The Morgan fingerprint density at radius 3 is 0.671 bits per heavy atom. The van der Waals surface area contributed by atoms with Crippen molar-refractivity contribution in [1.29, 1.82) is 0 Å². The van der Waals surface area contributed by atoms with E-state index in [1.165, 1.54) is 77.9 Å². The van der Waals surface area contributed by atoms with Crippen LogP contribution < -0.4 is 0 Å². The molecule has 0 saturated carbocycles. The van der Waals surface area contributed by atoms with Gasteiger partial charge in [-0.3, -0.25) is 0 Å². The van der Waals surface area contributed by atoms with Gasteiger partial charge in [0.15, 0.2) is 0 Å². The third kappa shape index (κ3) is 39.1. The summed E-state index contributed by atoms with van der Waals surface area (Å²) in [5.74, 6) is 1.33. The molecule has 146 heavy (non-hydrogen) atoms. The van der Waals surface area contributed by atoms with Crippen molar-refractivity contribution in [3.8, 4) is 135 Å². The molecule has 0 bridgehead atoms. The Morgan fingerprint density at radius 1 is 0.205 bits per heavy atom. The zero-order chi connectivity index (χ0) is 99.7. The van der Waals surface area contributed by atoms with Gasteiger partial charge in [0.25, 0.3) is 0 Å². The molecule has 0 unspecified atom stereocenters. The zero-order valence-electron chi connectivity index (χ0n) is 85.5. The van der Waals surface area contributed by atoms with Crippen LogP contribution in [0.3, 0.4) is 0 Å². The predicted molar refractivity (Wildman–Crippen MR) is 592 cm³/mol. The average Bonchev–Trinajstić information content (AvgIpc) is 0.836. The molecule has 0 aliphatic heterocycles. The normalized spacial score (nSPS) is 10.4. The number of hydrogen-bond donors (Lipinski definition) is 0. The summed E-state index contributed by atoms with van der Waals surface area (Å²) in [5, 5.41) is 0. The maximum absolute atomic E-state index is 4.64. The predicted octanol–water partition coefficient (Wildman–Crippen LogP) is 33.9. The van der Waals surface area contributed by atoms with Gasteiger partial charge in [-0.05, 0) is 189 Å². The number of nitrogens with zero attached hydrogens (tertiary/aromatic N) is 8. The van der Waals surface area contributed by atoms with E-state index in [9.17, 15) is 0 Å². The van der Waals surface area contributed by atoms with Crippen LogP contribution in [0.15, 0.2) is 438 Å². The number of pyridine rings is 8. The topological polar surface area (TPSA) is 103 Å². The van der Waals surface area contributed by atoms with E-state index >= 15 is 0 Å². The summed E-state index contributed by atoms with van der Waals surface area (Å²) in [6.07, 6.45) is 15.9. The summed E-state index contributed by atoms with van der Waals surface area (Å²) < 4.78 is 0. The van der Waals surface area contributed by atoms with Gasteiger partial charge in [0, 0.05) is 129 Å². The molecule has 12 heteroatoms. The number of hydrogen-bond acceptors (Lipinski definition) is 8. The first kappa shape index (κ1) is 116. The Bertz CT molecular complexity index is 7110. The second-order valence-corrected chi connectivity index (χ2v) is 38.2. The van der Waals surface area contributed by atoms with E-state index < -0.39 is 0 Å². The molecule has 20 aromatic rings. The van der Waals surface area contributed by atoms with E-state index in [0.717, 1.165) is 127 Å². The van der Waals surface area contributed by atoms with E-state index in [1.807, 2.05) is 259 Å². The molecule has 4 radical (unpaired) electrons. The maximum Gasteiger partial charge on any atom is 0.0266 e. The summed E-state index contributed by atoms with van der Waals surface area (Å²) in [6.45, 7) is 30.4. The molecule has 8 aromatic heterocycles. The Labute approximate surface area is 922 Å². The summed E-state index contributed by atoms with van der Waals surface area (Å²) in [7, 11) is 0. The van der Waals surface area contributed by atoms with Crippen LogP contribution in [0.5, 0.6) is 0 Å². The van der Waals surface area contributed by atoms with Crippen molar-refractivity contribution < 1.29 is 80.4 Å². The fourth-order valence-corrected chi connectivity index (χ4v) is 15.5. The van der Waals surface area contributed by atoms with Crippen molar-refractivity contribution in [1.82, 2.24) is 39.9 Å². The van der Waals surface area contributed by atoms with Crippen LogP contribution >= 0.6 is 0 Å². The van der Waals surface area contributed by atoms with Gasteiger partial charge in [0.05, 0.1) is 0 Å². The average molecular weight is 2620 g/mol. The van der Waals surface area contributed by atoms with Crippen molar-refractivity contribution in [3.05, 3.63) is 531 Å². The van der Waals surface area contributed by atoms with Gasteiger partial charge >= 0.3 is 0 Å². The Kier molecular flexibility index (Phi) is 48.0. The number of aryl methyl sites for hydroxylation is 4. The SMILES string of the molecule is CC(C)(C)Cc1ccc(-c2[c-]ccc(-c3ccccc3)c2)nc1.CC(C)(C)Cc1ccc(-c2[c-]cccc2)nc1.CC(C)Cc1ccc(-c2[c-]ccc(-c3ccccc3)c2)nc1.CC(C)Cc1ccc(-c2[c-]cccc2)nc1.Cc1ccc(-c2[c-]ccc(-c3ccccc3)c2)nc1.Cc1ccc(-c2[c-]cccc2)nc1.Cc1cccc(-c2[c-]ccc(-c3ccccc3)c2)n1.Cc1cccc(-c2[c-]cccc2)n1.[Ir].[Ir].[Ir].[Ir]. The maximum atomic E-state index is 4.64. The second-order valence-electron chi connectivity index (χ2n) is 38.2. The Morgan fingerprint density at radius 2 is 0.438 bits per heavy atom. The van der Waals surface area contributed by atoms with E-state index in [2.05, 4.69) is 364 Å². The molecule has 0 spiro atoms. The summed E-state index contributed by atoms with van der Waals surface area (Å²) in [6, 6.07) is 161. The van der Waals surface area contributed by atoms with Gasteiger partial charge < -0.3 is 39.9 Å². The molecule has 0 atom stereocenters. The van der Waals surface area contributed by atoms with Gasteiger partial charge in [0.1, 0.15) is 0 Å². The van der Waals surface area contributed by atoms with Crippen LogP contribution in [0.2, 0.25) is 0 Å². The molecule has 0 N–H and O–H groups in total. The minimum atomic E-state index is 0. The number of aromatic nitrogens is 8. The molecule has 20 rings (SSSR count). The minimum absolute atomic E-state index is 0. The van der Waals surface area contributed by atoms with Gasteiger partial charge in [-0.2, -0.15) is 0 Å². The largest absolute Gasteiger partial charge is 0.304 e. The smallest absolute Gasteiger partial charge is 0.0266 e. The van der Waals surface area contributed by atoms with Crippen LogP contribution in [0.25, 0.3) is 135 Å². The molecule has 0 saturated heterocycles. The first-order valence-electron chi connectivity index (χ1n) is 48.6. The van der Waals surface area contributed by atoms with Crippen molar-refractivity contribution in [2.24, 2.45) is 22.7 Å². The first-order chi connectivity index (χ1) is 68.9. The summed E-state index contributed by atoms with van der Waals surface area (Å²) in [5.41, 5.74) is 36.0. The molecule has 0 amide bonds. The van der Waals surface area contributed by atoms with E-state index in [0.29, 0.717) is 17.3 Å². The molecular formula is C134H124Ir4N8-8. The molecule has 744 valence electrons. The van der Waals surface area contributed by atoms with Crippen molar-refractivity contribution in [2.75, 3.05) is 0 Å². The van der Waals surface area contributed by atoms with Gasteiger partial charge in [-0.1, -0.05) is 288 Å². The first-order valence-corrected chi connectivity index (χ1v) is 48.6. The molecular weight excluding hydrogens is 2490 g/mol. The molecule has 0 aliphatic rings. The van der Waals surface area contributed by atoms with Crippen molar-refractivity contribution in [3.63, 3.8) is 0 Å². The summed E-state index contributed by atoms with van der Waals surface area (Å²) >= 11 is 0. The van der Waals surface area contributed by atoms with Gasteiger partial charge in [0.2, 0.25) is 0 Å². The van der Waals surface area contributed by atoms with E-state index in [-0.39, 0.29) is 85.8 Å². The van der Waals surface area contributed by atoms with Crippen LogP contribution in [-0.2, 0) is 106 Å². The van der Waals surface area contributed by atoms with E-state index in [4.69, 9.17) is 0 Å². The van der Waals surface area contributed by atoms with Crippen molar-refractivity contribution in [2.45, 2.75) is 123 Å². The molecule has 0 fully saturated rings. The molecule has 8 nitrogen and oxygen atoms in total. The zero-order valence-corrected chi connectivity index (χ0v) is 95.0. The van der Waals surface area contributed by atoms with Crippen LogP contribution in [0.1, 0.15) is 114 Å². The van der Waals surface area contributed by atoms with Crippen LogP contribution in [-0.4, -0.2) is 39.9 Å². The second kappa shape index (κ2) is 60.4. The standard InChI is InChI=1S/C22H22N.C21H20N.2C18H14N.C16H18N.C15H16N.2C12H10N.4Ir/c1-22(2,3)15-17-12-13-21(23-16-17)20-11-7-10-19(14-20)18-8-5-4-6-9-18;1-16(2)13-17-11-12-21(22-15-17)20-10-6-9-19(14-20)18-7-4-3-5-8-18;1-14-7-5-12-18(19-14)17-11-6-10-16(13-17)15-8-3-2-4-9-15;1-14-10-11-18(19-13-14)17-9-5-8-16(12-17)15-6-3-2-4-7-15;1-16(2,3)11-13-9-10-15(17-12-13)14-7-5-4-6-8-14;1-12(2)10-13-8-9-15(16-11-13)14-6-4-3-5-7-14;1-10-6-5-9-12(13-10)11-7-3-2-4-8-11;1-10-7-8-12(13-9-10)11-5-3-2-4-6-11;;;;/h4-10,12-14,16H,15H2,1-3H3;3-9,11-12,14-16H,13H2,1-2H3;2-10,12-13H,1H3;2-8,10-13H,1H3;4-7,9-10,12H,11H2,1-3H3;3-6,8-9,11-12H,10H2,1-2H3;2-7,9H,1H3;2-5,7-9H,1H3;;;;/q8*-1;;;;. The quantitative estimate of drug-likeness (QED) is 0.0783. The molecule has 0 aliphatic carbocycles. The molecule has 8 heterocycles. The van der Waals surface area contributed by atoms with Gasteiger partial charge in [-0.25, -0.2) is 0 Å². The third-order valence-corrected chi connectivity index (χ3v) is 22.3. The third-order valence-electron chi connectivity index (χ3n) is 22.3. The summed E-state index contributed by atoms with van der Waals surface area (Å²) in [4.78, 5) is 35.9. The van der Waals surface area contributed by atoms with Gasteiger partial charge in [-0.15, -0.1) is 285 Å². The van der Waals surface area contributed by atoms with Crippen LogP contribution in [0, 0.1) is 98.9 Å². The minimum Gasteiger partial charge on any atom is -0.304 e. The van der Waals surface area contributed by atoms with E-state index in [1.54, 1.807) is 0 Å². The fourth-order valence-electron chi connectivity index (χ4n) is 15.5. The van der Waals surface area contributed by atoms with Crippen LogP contribution in [0.4, 0.5) is 0 Å². The Hall–Kier alpha value is -13.6.